The molecule has 1 heterocycles. The number of nitro groups is 1. The van der Waals surface area contributed by atoms with Gasteiger partial charge in [-0.15, -0.1) is 0 Å². The number of non-ortho nitro benzene ring substituents is 1. The monoisotopic (exact) mass is 325 g/mol. The summed E-state index contributed by atoms with van der Waals surface area (Å²) in [5.41, 5.74) is 2.48. The van der Waals surface area contributed by atoms with Crippen LogP contribution in [0.4, 0.5) is 11.4 Å². The predicted octanol–water partition coefficient (Wildman–Crippen LogP) is 3.57. The van der Waals surface area contributed by atoms with E-state index in [9.17, 15) is 10.1 Å². The molecule has 1 aromatic carbocycles. The Labute approximate surface area is 118 Å². The van der Waals surface area contributed by atoms with Gasteiger partial charge < -0.3 is 9.84 Å². The molecule has 6 nitrogen and oxygen atoms in total. The SMILES string of the molecule is Cc1noc(C)c1CNc1cc([N+](=O)[O-])ccc1Br. The van der Waals surface area contributed by atoms with Crippen LogP contribution in [0, 0.1) is 24.0 Å². The van der Waals surface area contributed by atoms with Crippen molar-refractivity contribution in [1.82, 2.24) is 5.16 Å². The summed E-state index contributed by atoms with van der Waals surface area (Å²) >= 11 is 3.36. The van der Waals surface area contributed by atoms with Crippen molar-refractivity contribution in [2.75, 3.05) is 5.32 Å². The van der Waals surface area contributed by atoms with E-state index in [-0.39, 0.29) is 5.69 Å². The summed E-state index contributed by atoms with van der Waals surface area (Å²) in [6, 6.07) is 4.58. The molecule has 0 fully saturated rings. The maximum Gasteiger partial charge on any atom is 0.271 e. The maximum absolute atomic E-state index is 10.7. The Kier molecular flexibility index (Phi) is 3.84. The number of aromatic nitrogens is 1. The number of nitro benzene ring substituents is 1. The Hall–Kier alpha value is -1.89. The Bertz CT molecular complexity index is 605. The normalized spacial score (nSPS) is 10.5. The van der Waals surface area contributed by atoms with E-state index in [1.54, 1.807) is 6.07 Å². The highest BCUT2D eigenvalue weighted by Gasteiger charge is 2.12. The zero-order valence-electron chi connectivity index (χ0n) is 10.4. The number of benzene rings is 1. The lowest BCUT2D eigenvalue weighted by Gasteiger charge is -2.08. The molecule has 7 heteroatoms. The number of hydrogen-bond acceptors (Lipinski definition) is 5. The van der Waals surface area contributed by atoms with Crippen LogP contribution in [0.5, 0.6) is 0 Å². The zero-order valence-corrected chi connectivity index (χ0v) is 12.0. The van der Waals surface area contributed by atoms with Gasteiger partial charge in [0, 0.05) is 28.7 Å². The van der Waals surface area contributed by atoms with Gasteiger partial charge in [-0.3, -0.25) is 10.1 Å². The summed E-state index contributed by atoms with van der Waals surface area (Å²) in [6.07, 6.45) is 0. The van der Waals surface area contributed by atoms with Crippen molar-refractivity contribution in [2.24, 2.45) is 0 Å². The van der Waals surface area contributed by atoms with Gasteiger partial charge in [0.2, 0.25) is 0 Å². The third-order valence-electron chi connectivity index (χ3n) is 2.80. The third kappa shape index (κ3) is 2.93. The molecule has 2 aromatic rings. The van der Waals surface area contributed by atoms with Gasteiger partial charge in [0.15, 0.2) is 0 Å². The fraction of sp³-hybridized carbons (Fsp3) is 0.250. The molecule has 1 N–H and O–H groups in total. The molecule has 0 amide bonds. The van der Waals surface area contributed by atoms with Crippen LogP contribution in [0.3, 0.4) is 0 Å². The Balaban J connectivity index is 2.20. The molecule has 0 aliphatic carbocycles. The summed E-state index contributed by atoms with van der Waals surface area (Å²) in [7, 11) is 0. The van der Waals surface area contributed by atoms with Crippen molar-refractivity contribution in [3.63, 3.8) is 0 Å². The van der Waals surface area contributed by atoms with Gasteiger partial charge >= 0.3 is 0 Å². The smallest absolute Gasteiger partial charge is 0.271 e. The molecule has 0 atom stereocenters. The lowest BCUT2D eigenvalue weighted by Crippen LogP contribution is -2.02. The molecule has 19 heavy (non-hydrogen) atoms. The molecule has 0 aliphatic heterocycles. The fourth-order valence-electron chi connectivity index (χ4n) is 1.70. The highest BCUT2D eigenvalue weighted by Crippen LogP contribution is 2.28. The van der Waals surface area contributed by atoms with Crippen molar-refractivity contribution >= 4 is 27.3 Å². The van der Waals surface area contributed by atoms with Gasteiger partial charge in [0.1, 0.15) is 5.76 Å². The fourth-order valence-corrected chi connectivity index (χ4v) is 2.09. The Morgan fingerprint density at radius 3 is 2.79 bits per heavy atom. The standard InChI is InChI=1S/C12H12BrN3O3/c1-7-10(8(2)19-15-7)6-14-12-5-9(16(17)18)3-4-11(12)13/h3-5,14H,6H2,1-2H3. The molecule has 2 rings (SSSR count). The molecule has 0 bridgehead atoms. The number of anilines is 1. The first-order chi connectivity index (χ1) is 8.99. The van der Waals surface area contributed by atoms with Crippen LogP contribution < -0.4 is 5.32 Å². The Morgan fingerprint density at radius 2 is 2.21 bits per heavy atom. The van der Waals surface area contributed by atoms with Gasteiger partial charge in [-0.05, 0) is 35.8 Å². The predicted molar refractivity (Wildman–Crippen MR) is 74.1 cm³/mol. The van der Waals surface area contributed by atoms with Crippen molar-refractivity contribution in [3.8, 4) is 0 Å². The zero-order chi connectivity index (χ0) is 14.0. The number of hydrogen-bond donors (Lipinski definition) is 1. The van der Waals surface area contributed by atoms with Crippen LogP contribution in [-0.2, 0) is 6.54 Å². The van der Waals surface area contributed by atoms with E-state index in [1.165, 1.54) is 12.1 Å². The lowest BCUT2D eigenvalue weighted by atomic mass is 10.2. The minimum absolute atomic E-state index is 0.0458. The maximum atomic E-state index is 10.7. The number of rotatable bonds is 4. The number of nitrogens with zero attached hydrogens (tertiary/aromatic N) is 2. The average Bonchev–Trinajstić information content (AvgIpc) is 2.68. The van der Waals surface area contributed by atoms with E-state index < -0.39 is 4.92 Å². The Morgan fingerprint density at radius 1 is 1.47 bits per heavy atom. The van der Waals surface area contributed by atoms with E-state index in [4.69, 9.17) is 4.52 Å². The second-order valence-electron chi connectivity index (χ2n) is 4.08. The molecular formula is C12H12BrN3O3. The van der Waals surface area contributed by atoms with Gasteiger partial charge in [-0.25, -0.2) is 0 Å². The molecule has 0 aliphatic rings. The number of halogens is 1. The number of aryl methyl sites for hydroxylation is 2. The second-order valence-corrected chi connectivity index (χ2v) is 4.93. The van der Waals surface area contributed by atoms with Crippen LogP contribution in [0.2, 0.25) is 0 Å². The first-order valence-corrected chi connectivity index (χ1v) is 6.38. The number of nitrogens with one attached hydrogen (secondary N) is 1. The molecule has 0 radical (unpaired) electrons. The van der Waals surface area contributed by atoms with Crippen LogP contribution >= 0.6 is 15.9 Å². The van der Waals surface area contributed by atoms with Crippen LogP contribution in [-0.4, -0.2) is 10.1 Å². The minimum Gasteiger partial charge on any atom is -0.380 e. The second kappa shape index (κ2) is 5.40. The van der Waals surface area contributed by atoms with Crippen molar-refractivity contribution in [2.45, 2.75) is 20.4 Å². The molecule has 0 saturated heterocycles. The molecule has 0 unspecified atom stereocenters. The van der Waals surface area contributed by atoms with Crippen molar-refractivity contribution < 1.29 is 9.45 Å². The van der Waals surface area contributed by atoms with Crippen LogP contribution in [0.25, 0.3) is 0 Å². The summed E-state index contributed by atoms with van der Waals surface area (Å²) in [5.74, 6) is 0.742. The van der Waals surface area contributed by atoms with E-state index >= 15 is 0 Å². The highest BCUT2D eigenvalue weighted by atomic mass is 79.9. The van der Waals surface area contributed by atoms with Crippen LogP contribution in [0.1, 0.15) is 17.0 Å². The van der Waals surface area contributed by atoms with Crippen molar-refractivity contribution in [1.29, 1.82) is 0 Å². The first kappa shape index (κ1) is 13.5. The van der Waals surface area contributed by atoms with Crippen molar-refractivity contribution in [3.05, 3.63) is 49.8 Å². The van der Waals surface area contributed by atoms with E-state index in [0.717, 1.165) is 21.5 Å². The summed E-state index contributed by atoms with van der Waals surface area (Å²) in [6.45, 7) is 4.19. The molecule has 1 aromatic heterocycles. The molecule has 0 spiro atoms. The summed E-state index contributed by atoms with van der Waals surface area (Å²) < 4.78 is 5.83. The van der Waals surface area contributed by atoms with Gasteiger partial charge in [-0.1, -0.05) is 5.16 Å². The average molecular weight is 326 g/mol. The third-order valence-corrected chi connectivity index (χ3v) is 3.49. The molecular weight excluding hydrogens is 314 g/mol. The minimum atomic E-state index is -0.423. The first-order valence-electron chi connectivity index (χ1n) is 5.58. The quantitative estimate of drug-likeness (QED) is 0.686. The highest BCUT2D eigenvalue weighted by molar-refractivity contribution is 9.10. The molecule has 0 saturated carbocycles. The van der Waals surface area contributed by atoms with Crippen LogP contribution in [0.15, 0.2) is 27.2 Å². The van der Waals surface area contributed by atoms with E-state index in [1.807, 2.05) is 13.8 Å². The van der Waals surface area contributed by atoms with Gasteiger partial charge in [-0.2, -0.15) is 0 Å². The topological polar surface area (TPSA) is 81.2 Å². The lowest BCUT2D eigenvalue weighted by molar-refractivity contribution is -0.384. The van der Waals surface area contributed by atoms with Gasteiger partial charge in [0.25, 0.3) is 5.69 Å². The summed E-state index contributed by atoms with van der Waals surface area (Å²) in [5, 5.41) is 17.7. The van der Waals surface area contributed by atoms with E-state index in [0.29, 0.717) is 12.2 Å². The van der Waals surface area contributed by atoms with Gasteiger partial charge in [0.05, 0.1) is 16.3 Å². The molecule has 100 valence electrons. The summed E-state index contributed by atoms with van der Waals surface area (Å²) in [4.78, 5) is 10.3. The largest absolute Gasteiger partial charge is 0.380 e. The van der Waals surface area contributed by atoms with E-state index in [2.05, 4.69) is 26.4 Å².